The second-order valence-corrected chi connectivity index (χ2v) is 4.46. The summed E-state index contributed by atoms with van der Waals surface area (Å²) in [7, 11) is 0. The van der Waals surface area contributed by atoms with Crippen molar-refractivity contribution in [1.29, 1.82) is 0 Å². The van der Waals surface area contributed by atoms with Gasteiger partial charge < -0.3 is 4.42 Å². The van der Waals surface area contributed by atoms with Gasteiger partial charge in [-0.25, -0.2) is 9.97 Å². The van der Waals surface area contributed by atoms with Crippen LogP contribution < -0.4 is 0 Å². The van der Waals surface area contributed by atoms with Crippen molar-refractivity contribution in [3.05, 3.63) is 59.8 Å². The highest BCUT2D eigenvalue weighted by atomic mass is 35.5. The summed E-state index contributed by atoms with van der Waals surface area (Å²) in [6.07, 6.45) is 0. The van der Waals surface area contributed by atoms with E-state index in [0.717, 1.165) is 0 Å². The second kappa shape index (κ2) is 4.32. The molecule has 0 spiro atoms. The average Bonchev–Trinajstić information content (AvgIpc) is 2.97. The Hall–Kier alpha value is -2.39. The van der Waals surface area contributed by atoms with E-state index in [-0.39, 0.29) is 34.2 Å². The number of nitrogens with zero attached hydrogens (tertiary/aromatic N) is 2. The van der Waals surface area contributed by atoms with Crippen molar-refractivity contribution in [3.63, 3.8) is 0 Å². The van der Waals surface area contributed by atoms with Crippen molar-refractivity contribution < 1.29 is 11.3 Å². The Bertz CT molecular complexity index is 1150. The first-order chi connectivity index (χ1) is 11.9. The summed E-state index contributed by atoms with van der Waals surface area (Å²) in [5.41, 5.74) is 1.20. The number of fused-ring (bicyclic) bond motifs is 3. The van der Waals surface area contributed by atoms with E-state index in [4.69, 9.17) is 22.9 Å². The predicted molar refractivity (Wildman–Crippen MR) is 79.8 cm³/mol. The molecule has 0 N–H and O–H groups in total. The summed E-state index contributed by atoms with van der Waals surface area (Å²) in [6, 6.07) is 5.05. The van der Waals surface area contributed by atoms with Crippen molar-refractivity contribution in [2.45, 2.75) is 0 Å². The maximum absolute atomic E-state index is 8.14. The van der Waals surface area contributed by atoms with E-state index in [1.54, 1.807) is 18.2 Å². The molecule has 0 aliphatic heterocycles. The third-order valence-corrected chi connectivity index (χ3v) is 3.10. The zero-order chi connectivity index (χ0) is 17.9. The average molecular weight is 286 g/mol. The third-order valence-electron chi connectivity index (χ3n) is 2.93. The minimum Gasteiger partial charge on any atom is -0.452 e. The second-order valence-electron chi connectivity index (χ2n) is 4.12. The number of aromatic nitrogens is 2. The Morgan fingerprint density at radius 1 is 1.05 bits per heavy atom. The first kappa shape index (κ1) is 7.41. The highest BCUT2D eigenvalue weighted by Crippen LogP contribution is 2.34. The van der Waals surface area contributed by atoms with Crippen molar-refractivity contribution in [1.82, 2.24) is 9.97 Å². The molecule has 0 radical (unpaired) electrons. The molecule has 4 heteroatoms. The number of para-hydroxylation sites is 1. The first-order valence-electron chi connectivity index (χ1n) is 8.32. The number of hydrogen-bond donors (Lipinski definition) is 0. The molecule has 0 fully saturated rings. The lowest BCUT2D eigenvalue weighted by Gasteiger charge is -2.01. The van der Waals surface area contributed by atoms with Gasteiger partial charge in [-0.15, -0.1) is 0 Å². The minimum atomic E-state index is -0.472. The van der Waals surface area contributed by atoms with Gasteiger partial charge in [0, 0.05) is 10.9 Å². The molecular formula is C16H9ClN2O. The van der Waals surface area contributed by atoms with Gasteiger partial charge in [-0.3, -0.25) is 0 Å². The molecule has 4 aromatic rings. The maximum atomic E-state index is 8.14. The van der Waals surface area contributed by atoms with Crippen LogP contribution in [-0.4, -0.2) is 9.97 Å². The molecule has 0 saturated carbocycles. The normalized spacial score (nSPS) is 14.8. The van der Waals surface area contributed by atoms with Crippen LogP contribution in [-0.2, 0) is 0 Å². The molecule has 20 heavy (non-hydrogen) atoms. The van der Waals surface area contributed by atoms with Crippen molar-refractivity contribution in [3.8, 4) is 11.3 Å². The number of furan rings is 1. The van der Waals surface area contributed by atoms with Crippen LogP contribution in [0.1, 0.15) is 6.85 Å². The van der Waals surface area contributed by atoms with Crippen LogP contribution in [0.5, 0.6) is 0 Å². The van der Waals surface area contributed by atoms with E-state index in [0.29, 0.717) is 16.5 Å². The van der Waals surface area contributed by atoms with Crippen molar-refractivity contribution in [2.24, 2.45) is 0 Å². The molecular weight excluding hydrogens is 272 g/mol. The molecule has 96 valence electrons. The molecule has 0 bridgehead atoms. The van der Waals surface area contributed by atoms with E-state index < -0.39 is 18.1 Å². The van der Waals surface area contributed by atoms with Crippen LogP contribution in [0.2, 0.25) is 5.28 Å². The van der Waals surface area contributed by atoms with Crippen molar-refractivity contribution >= 4 is 33.7 Å². The van der Waals surface area contributed by atoms with Gasteiger partial charge in [-0.2, -0.15) is 0 Å². The highest BCUT2D eigenvalue weighted by Gasteiger charge is 2.15. The van der Waals surface area contributed by atoms with E-state index in [1.165, 1.54) is 0 Å². The Labute approximate surface area is 126 Å². The Morgan fingerprint density at radius 2 is 1.85 bits per heavy atom. The lowest BCUT2D eigenvalue weighted by Crippen LogP contribution is -1.88. The van der Waals surface area contributed by atoms with E-state index >= 15 is 0 Å². The predicted octanol–water partition coefficient (Wildman–Crippen LogP) is 4.70. The lowest BCUT2D eigenvalue weighted by molar-refractivity contribution is 0.667. The number of rotatable bonds is 1. The van der Waals surface area contributed by atoms with E-state index in [1.807, 2.05) is 6.07 Å². The van der Waals surface area contributed by atoms with Crippen molar-refractivity contribution in [2.75, 3.05) is 0 Å². The summed E-state index contributed by atoms with van der Waals surface area (Å²) in [5, 5.41) is 0.608. The number of benzene rings is 2. The fraction of sp³-hybridized carbons (Fsp3) is 0. The van der Waals surface area contributed by atoms with Crippen LogP contribution in [0.3, 0.4) is 0 Å². The Kier molecular flexibility index (Phi) is 1.60. The SMILES string of the molecule is [2H]c1c([2H])c([2H])c(-c2nc(Cl)nc3c2oc2ccccc23)c([2H])c1[2H]. The van der Waals surface area contributed by atoms with Crippen LogP contribution >= 0.6 is 11.6 Å². The molecule has 0 unspecified atom stereocenters. The summed E-state index contributed by atoms with van der Waals surface area (Å²) in [6.45, 7) is 0. The number of hydrogen-bond acceptors (Lipinski definition) is 3. The van der Waals surface area contributed by atoms with Gasteiger partial charge in [0.15, 0.2) is 5.58 Å². The molecule has 2 aromatic carbocycles. The summed E-state index contributed by atoms with van der Waals surface area (Å²) >= 11 is 6.03. The fourth-order valence-electron chi connectivity index (χ4n) is 2.10. The van der Waals surface area contributed by atoms with Gasteiger partial charge in [0.2, 0.25) is 5.28 Å². The molecule has 2 heterocycles. The lowest BCUT2D eigenvalue weighted by atomic mass is 10.1. The smallest absolute Gasteiger partial charge is 0.223 e. The summed E-state index contributed by atoms with van der Waals surface area (Å²) in [5.74, 6) is 0. The molecule has 4 rings (SSSR count). The molecule has 2 aromatic heterocycles. The van der Waals surface area contributed by atoms with Crippen LogP contribution in [0.15, 0.2) is 58.9 Å². The number of halogens is 1. The Morgan fingerprint density at radius 3 is 2.70 bits per heavy atom. The monoisotopic (exact) mass is 285 g/mol. The highest BCUT2D eigenvalue weighted by molar-refractivity contribution is 6.29. The minimum absolute atomic E-state index is 0.0700. The molecule has 3 nitrogen and oxygen atoms in total. The molecule has 0 aliphatic carbocycles. The standard InChI is InChI=1S/C16H9ClN2O/c17-16-18-13(10-6-2-1-3-7-10)15-14(19-16)11-8-4-5-9-12(11)20-15/h1-9H/i1D,2D,3D,6D,7D. The fourth-order valence-corrected chi connectivity index (χ4v) is 2.27. The summed E-state index contributed by atoms with van der Waals surface area (Å²) in [4.78, 5) is 8.27. The van der Waals surface area contributed by atoms with Gasteiger partial charge in [-0.05, 0) is 23.7 Å². The molecule has 0 amide bonds. The van der Waals surface area contributed by atoms with Gasteiger partial charge in [0.25, 0.3) is 0 Å². The van der Waals surface area contributed by atoms with Crippen LogP contribution in [0.25, 0.3) is 33.3 Å². The topological polar surface area (TPSA) is 38.9 Å². The Balaban J connectivity index is 2.19. The van der Waals surface area contributed by atoms with Crippen LogP contribution in [0.4, 0.5) is 0 Å². The largest absolute Gasteiger partial charge is 0.452 e. The maximum Gasteiger partial charge on any atom is 0.223 e. The first-order valence-corrected chi connectivity index (χ1v) is 6.20. The van der Waals surface area contributed by atoms with Gasteiger partial charge in [0.05, 0.1) is 6.85 Å². The van der Waals surface area contributed by atoms with Gasteiger partial charge in [-0.1, -0.05) is 42.3 Å². The summed E-state index contributed by atoms with van der Waals surface area (Å²) < 4.78 is 45.5. The van der Waals surface area contributed by atoms with E-state index in [9.17, 15) is 0 Å². The molecule has 0 atom stereocenters. The van der Waals surface area contributed by atoms with Crippen LogP contribution in [0, 0.1) is 0 Å². The van der Waals surface area contributed by atoms with Gasteiger partial charge >= 0.3 is 0 Å². The zero-order valence-corrected chi connectivity index (χ0v) is 10.7. The molecule has 0 aliphatic rings. The quantitative estimate of drug-likeness (QED) is 0.476. The van der Waals surface area contributed by atoms with Gasteiger partial charge in [0.1, 0.15) is 16.8 Å². The van der Waals surface area contributed by atoms with E-state index in [2.05, 4.69) is 9.97 Å². The molecule has 0 saturated heterocycles. The zero-order valence-electron chi connectivity index (χ0n) is 15.0. The third kappa shape index (κ3) is 1.67.